The first-order chi connectivity index (χ1) is 8.34. The summed E-state index contributed by atoms with van der Waals surface area (Å²) in [4.78, 5) is 5.37. The van der Waals surface area contributed by atoms with Crippen molar-refractivity contribution in [2.24, 2.45) is 0 Å². The molecule has 3 aromatic rings. The van der Waals surface area contributed by atoms with E-state index in [4.69, 9.17) is 4.42 Å². The summed E-state index contributed by atoms with van der Waals surface area (Å²) in [6.45, 7) is 0.831. The van der Waals surface area contributed by atoms with E-state index in [0.29, 0.717) is 0 Å². The minimum absolute atomic E-state index is 0.831. The minimum Gasteiger partial charge on any atom is -0.449 e. The number of para-hydroxylation sites is 1. The summed E-state index contributed by atoms with van der Waals surface area (Å²) in [5, 5.41) is 1.27. The molecule has 0 bridgehead atoms. The summed E-state index contributed by atoms with van der Waals surface area (Å²) >= 11 is 0. The van der Waals surface area contributed by atoms with Gasteiger partial charge in [0.15, 0.2) is 5.88 Å². The summed E-state index contributed by atoms with van der Waals surface area (Å²) in [5.41, 5.74) is 2.45. The SMILES string of the molecule is CN(Cc1c[nH]c2ccccc12)c1ccco1. The van der Waals surface area contributed by atoms with Gasteiger partial charge in [-0.25, -0.2) is 0 Å². The second-order valence-corrected chi connectivity index (χ2v) is 4.17. The highest BCUT2D eigenvalue weighted by Crippen LogP contribution is 2.21. The van der Waals surface area contributed by atoms with Gasteiger partial charge in [0.25, 0.3) is 0 Å². The monoisotopic (exact) mass is 226 g/mol. The molecule has 86 valence electrons. The van der Waals surface area contributed by atoms with E-state index in [2.05, 4.69) is 34.3 Å². The molecule has 0 amide bonds. The van der Waals surface area contributed by atoms with Crippen molar-refractivity contribution in [3.8, 4) is 0 Å². The normalized spacial score (nSPS) is 10.9. The molecule has 1 aromatic carbocycles. The summed E-state index contributed by atoms with van der Waals surface area (Å²) in [6.07, 6.45) is 3.76. The zero-order valence-electron chi connectivity index (χ0n) is 9.68. The molecule has 1 N–H and O–H groups in total. The second-order valence-electron chi connectivity index (χ2n) is 4.17. The maximum absolute atomic E-state index is 5.37. The number of rotatable bonds is 3. The Morgan fingerprint density at radius 2 is 2.06 bits per heavy atom. The van der Waals surface area contributed by atoms with Crippen LogP contribution in [0.1, 0.15) is 5.56 Å². The quantitative estimate of drug-likeness (QED) is 0.742. The molecule has 0 fully saturated rings. The molecule has 0 atom stereocenters. The van der Waals surface area contributed by atoms with E-state index in [9.17, 15) is 0 Å². The Bertz CT molecular complexity index is 610. The van der Waals surface area contributed by atoms with Gasteiger partial charge in [0.05, 0.1) is 6.26 Å². The van der Waals surface area contributed by atoms with Gasteiger partial charge < -0.3 is 14.3 Å². The summed E-state index contributed by atoms with van der Waals surface area (Å²) in [7, 11) is 2.03. The standard InChI is InChI=1S/C14H14N2O/c1-16(14-7-4-8-17-14)10-11-9-15-13-6-3-2-5-12(11)13/h2-9,15H,10H2,1H3. The van der Waals surface area contributed by atoms with Gasteiger partial charge in [-0.3, -0.25) is 0 Å². The van der Waals surface area contributed by atoms with Crippen LogP contribution in [-0.4, -0.2) is 12.0 Å². The number of anilines is 1. The van der Waals surface area contributed by atoms with E-state index < -0.39 is 0 Å². The van der Waals surface area contributed by atoms with E-state index in [0.717, 1.165) is 12.4 Å². The van der Waals surface area contributed by atoms with E-state index >= 15 is 0 Å². The Labute approximate surface area is 99.7 Å². The number of aromatic nitrogens is 1. The lowest BCUT2D eigenvalue weighted by molar-refractivity contribution is 0.555. The molecule has 2 heterocycles. The molecule has 0 saturated carbocycles. The number of hydrogen-bond acceptors (Lipinski definition) is 2. The van der Waals surface area contributed by atoms with Crippen LogP contribution >= 0.6 is 0 Å². The molecule has 3 heteroatoms. The number of fused-ring (bicyclic) bond motifs is 1. The molecule has 17 heavy (non-hydrogen) atoms. The third-order valence-electron chi connectivity index (χ3n) is 2.96. The first kappa shape index (κ1) is 10.0. The number of aromatic amines is 1. The zero-order chi connectivity index (χ0) is 11.7. The lowest BCUT2D eigenvalue weighted by Gasteiger charge is -2.14. The topological polar surface area (TPSA) is 32.2 Å². The van der Waals surface area contributed by atoms with Crippen LogP contribution in [0, 0.1) is 0 Å². The van der Waals surface area contributed by atoms with Crippen LogP contribution in [0.4, 0.5) is 5.88 Å². The fraction of sp³-hybridized carbons (Fsp3) is 0.143. The molecular formula is C14H14N2O. The Morgan fingerprint density at radius 1 is 1.18 bits per heavy atom. The van der Waals surface area contributed by atoms with Crippen LogP contribution in [0.15, 0.2) is 53.3 Å². The maximum Gasteiger partial charge on any atom is 0.195 e. The Balaban J connectivity index is 1.90. The minimum atomic E-state index is 0.831. The van der Waals surface area contributed by atoms with Crippen LogP contribution in [0.25, 0.3) is 10.9 Å². The van der Waals surface area contributed by atoms with Crippen molar-refractivity contribution in [3.63, 3.8) is 0 Å². The van der Waals surface area contributed by atoms with Gasteiger partial charge in [-0.1, -0.05) is 18.2 Å². The highest BCUT2D eigenvalue weighted by molar-refractivity contribution is 5.83. The Morgan fingerprint density at radius 3 is 2.88 bits per heavy atom. The second kappa shape index (κ2) is 4.01. The molecule has 0 radical (unpaired) electrons. The first-order valence-electron chi connectivity index (χ1n) is 5.64. The van der Waals surface area contributed by atoms with E-state index in [1.807, 2.05) is 25.2 Å². The van der Waals surface area contributed by atoms with Crippen molar-refractivity contribution in [3.05, 3.63) is 54.4 Å². The predicted octanol–water partition coefficient (Wildman–Crippen LogP) is 3.40. The van der Waals surface area contributed by atoms with Crippen molar-refractivity contribution < 1.29 is 4.42 Å². The van der Waals surface area contributed by atoms with Gasteiger partial charge in [-0.2, -0.15) is 0 Å². The number of benzene rings is 1. The van der Waals surface area contributed by atoms with Gasteiger partial charge in [0.1, 0.15) is 0 Å². The number of furan rings is 1. The highest BCUT2D eigenvalue weighted by Gasteiger charge is 2.08. The molecule has 0 saturated heterocycles. The van der Waals surface area contributed by atoms with Gasteiger partial charge in [0, 0.05) is 36.8 Å². The molecule has 3 nitrogen and oxygen atoms in total. The van der Waals surface area contributed by atoms with E-state index in [1.165, 1.54) is 16.5 Å². The lowest BCUT2D eigenvalue weighted by atomic mass is 10.2. The predicted molar refractivity (Wildman–Crippen MR) is 69.1 cm³/mol. The summed E-state index contributed by atoms with van der Waals surface area (Å²) < 4.78 is 5.37. The molecule has 0 aliphatic rings. The van der Waals surface area contributed by atoms with Gasteiger partial charge in [-0.15, -0.1) is 0 Å². The number of H-pyrrole nitrogens is 1. The highest BCUT2D eigenvalue weighted by atomic mass is 16.3. The van der Waals surface area contributed by atoms with Crippen molar-refractivity contribution >= 4 is 16.8 Å². The summed E-state index contributed by atoms with van der Waals surface area (Å²) in [5.74, 6) is 0.885. The third kappa shape index (κ3) is 1.80. The van der Waals surface area contributed by atoms with Crippen LogP contribution in [0.5, 0.6) is 0 Å². The fourth-order valence-electron chi connectivity index (χ4n) is 2.08. The van der Waals surface area contributed by atoms with Crippen molar-refractivity contribution in [1.82, 2.24) is 4.98 Å². The number of hydrogen-bond donors (Lipinski definition) is 1. The zero-order valence-corrected chi connectivity index (χ0v) is 9.68. The third-order valence-corrected chi connectivity index (χ3v) is 2.96. The average molecular weight is 226 g/mol. The molecule has 0 spiro atoms. The maximum atomic E-state index is 5.37. The number of nitrogens with one attached hydrogen (secondary N) is 1. The molecule has 2 aromatic heterocycles. The van der Waals surface area contributed by atoms with Gasteiger partial charge in [0.2, 0.25) is 0 Å². The molecule has 3 rings (SSSR count). The molecule has 0 aliphatic carbocycles. The van der Waals surface area contributed by atoms with Crippen LogP contribution in [0.3, 0.4) is 0 Å². The number of nitrogens with zero attached hydrogens (tertiary/aromatic N) is 1. The Hall–Kier alpha value is -2.16. The fourth-order valence-corrected chi connectivity index (χ4v) is 2.08. The molecular weight excluding hydrogens is 212 g/mol. The van der Waals surface area contributed by atoms with Crippen LogP contribution in [0.2, 0.25) is 0 Å². The van der Waals surface area contributed by atoms with Crippen molar-refractivity contribution in [2.45, 2.75) is 6.54 Å². The van der Waals surface area contributed by atoms with Crippen molar-refractivity contribution in [1.29, 1.82) is 0 Å². The first-order valence-corrected chi connectivity index (χ1v) is 5.64. The van der Waals surface area contributed by atoms with E-state index in [1.54, 1.807) is 6.26 Å². The largest absolute Gasteiger partial charge is 0.449 e. The average Bonchev–Trinajstić information content (AvgIpc) is 2.98. The van der Waals surface area contributed by atoms with Crippen LogP contribution < -0.4 is 4.90 Å². The van der Waals surface area contributed by atoms with E-state index in [-0.39, 0.29) is 0 Å². The molecule has 0 unspecified atom stereocenters. The van der Waals surface area contributed by atoms with Gasteiger partial charge in [-0.05, 0) is 17.7 Å². The Kier molecular flexibility index (Phi) is 2.37. The molecule has 0 aliphatic heterocycles. The van der Waals surface area contributed by atoms with Gasteiger partial charge >= 0.3 is 0 Å². The lowest BCUT2D eigenvalue weighted by Crippen LogP contribution is -2.15. The smallest absolute Gasteiger partial charge is 0.195 e. The van der Waals surface area contributed by atoms with Crippen molar-refractivity contribution in [2.75, 3.05) is 11.9 Å². The summed E-state index contributed by atoms with van der Waals surface area (Å²) in [6, 6.07) is 12.2. The van der Waals surface area contributed by atoms with Crippen LogP contribution in [-0.2, 0) is 6.54 Å².